The van der Waals surface area contributed by atoms with E-state index in [1.165, 1.54) is 31.3 Å². The van der Waals surface area contributed by atoms with E-state index in [2.05, 4.69) is 5.32 Å². The summed E-state index contributed by atoms with van der Waals surface area (Å²) < 4.78 is 57.6. The number of phenols is 1. The Morgan fingerprint density at radius 2 is 1.75 bits per heavy atom. The van der Waals surface area contributed by atoms with Crippen molar-refractivity contribution in [3.8, 4) is 17.1 Å². The zero-order chi connectivity index (χ0) is 28.7. The summed E-state index contributed by atoms with van der Waals surface area (Å²) in [5, 5.41) is 22.2. The van der Waals surface area contributed by atoms with Gasteiger partial charge in [0.1, 0.15) is 34.3 Å². The molecule has 0 radical (unpaired) electrons. The first kappa shape index (κ1) is 27.4. The number of rotatable bonds is 9. The summed E-state index contributed by atoms with van der Waals surface area (Å²) in [6, 6.07) is 10.6. The second-order valence-corrected chi connectivity index (χ2v) is 10.5. The van der Waals surface area contributed by atoms with Gasteiger partial charge in [-0.2, -0.15) is 4.31 Å². The number of benzene rings is 3. The van der Waals surface area contributed by atoms with E-state index in [-0.39, 0.29) is 29.3 Å². The lowest BCUT2D eigenvalue weighted by Gasteiger charge is -2.20. The van der Waals surface area contributed by atoms with Gasteiger partial charge in [0, 0.05) is 42.7 Å². The van der Waals surface area contributed by atoms with Gasteiger partial charge in [-0.15, -0.1) is 0 Å². The largest absolute Gasteiger partial charge is 0.507 e. The number of halogens is 2. The first-order chi connectivity index (χ1) is 19.1. The molecule has 1 atom stereocenters. The number of nitrogens with zero attached hydrogens (tertiary/aromatic N) is 1. The molecule has 0 saturated heterocycles. The van der Waals surface area contributed by atoms with Crippen LogP contribution in [0.1, 0.15) is 56.2 Å². The molecule has 4 N–H and O–H groups in total. The summed E-state index contributed by atoms with van der Waals surface area (Å²) in [5.41, 5.74) is 1.80. The smallest absolute Gasteiger partial charge is 0.339 e. The van der Waals surface area contributed by atoms with Crippen LogP contribution in [0, 0.1) is 11.6 Å². The van der Waals surface area contributed by atoms with E-state index < -0.39 is 52.6 Å². The SMILES string of the molecule is CNC(=O)c1c(-c2ccc(F)cc2)oc2cc(CN(Cc3cc(C(=O)O)c(O)cc3F)S(=O)O)c(C3CC3)cc12. The van der Waals surface area contributed by atoms with E-state index in [9.17, 15) is 37.3 Å². The van der Waals surface area contributed by atoms with E-state index in [4.69, 9.17) is 4.42 Å². The van der Waals surface area contributed by atoms with Crippen LogP contribution in [-0.4, -0.2) is 42.2 Å². The molecule has 0 spiro atoms. The summed E-state index contributed by atoms with van der Waals surface area (Å²) in [4.78, 5) is 24.3. The van der Waals surface area contributed by atoms with Crippen LogP contribution in [-0.2, 0) is 24.4 Å². The predicted molar refractivity (Wildman–Crippen MR) is 142 cm³/mol. The van der Waals surface area contributed by atoms with Crippen LogP contribution in [0.3, 0.4) is 0 Å². The fraction of sp³-hybridized carbons (Fsp3) is 0.214. The first-order valence-electron chi connectivity index (χ1n) is 12.2. The zero-order valence-corrected chi connectivity index (χ0v) is 21.9. The van der Waals surface area contributed by atoms with Crippen LogP contribution in [0.2, 0.25) is 0 Å². The van der Waals surface area contributed by atoms with E-state index in [0.717, 1.165) is 28.8 Å². The third kappa shape index (κ3) is 5.33. The van der Waals surface area contributed by atoms with Crippen molar-refractivity contribution in [3.63, 3.8) is 0 Å². The molecule has 0 aliphatic heterocycles. The maximum Gasteiger partial charge on any atom is 0.339 e. The van der Waals surface area contributed by atoms with Gasteiger partial charge in [-0.3, -0.25) is 9.35 Å². The summed E-state index contributed by atoms with van der Waals surface area (Å²) in [5.74, 6) is -3.63. The minimum Gasteiger partial charge on any atom is -0.507 e. The van der Waals surface area contributed by atoms with Crippen LogP contribution in [0.5, 0.6) is 5.75 Å². The van der Waals surface area contributed by atoms with Crippen LogP contribution >= 0.6 is 0 Å². The summed E-state index contributed by atoms with van der Waals surface area (Å²) in [6.45, 7) is -0.560. The molecule has 12 heteroatoms. The van der Waals surface area contributed by atoms with Crippen LogP contribution in [0.25, 0.3) is 22.3 Å². The van der Waals surface area contributed by atoms with E-state index >= 15 is 0 Å². The van der Waals surface area contributed by atoms with Gasteiger partial charge < -0.3 is 19.9 Å². The van der Waals surface area contributed by atoms with Crippen molar-refractivity contribution in [2.45, 2.75) is 31.8 Å². The fourth-order valence-corrected chi connectivity index (χ4v) is 5.21. The van der Waals surface area contributed by atoms with E-state index in [0.29, 0.717) is 28.2 Å². The first-order valence-corrected chi connectivity index (χ1v) is 13.3. The highest BCUT2D eigenvalue weighted by Gasteiger charge is 2.31. The van der Waals surface area contributed by atoms with Crippen molar-refractivity contribution in [2.24, 2.45) is 0 Å². The molecule has 9 nitrogen and oxygen atoms in total. The van der Waals surface area contributed by atoms with Gasteiger partial charge in [-0.1, -0.05) is 0 Å². The highest BCUT2D eigenvalue weighted by atomic mass is 32.2. The summed E-state index contributed by atoms with van der Waals surface area (Å²) in [7, 11) is 1.48. The van der Waals surface area contributed by atoms with Crippen LogP contribution in [0.4, 0.5) is 8.78 Å². The molecule has 4 aromatic rings. The van der Waals surface area contributed by atoms with E-state index in [1.807, 2.05) is 6.07 Å². The Morgan fingerprint density at radius 1 is 1.07 bits per heavy atom. The molecule has 0 bridgehead atoms. The molecule has 5 rings (SSSR count). The lowest BCUT2D eigenvalue weighted by atomic mass is 9.97. The predicted octanol–water partition coefficient (Wildman–Crippen LogP) is 5.16. The Labute approximate surface area is 229 Å². The number of furan rings is 1. The number of carbonyl (C=O) groups excluding carboxylic acids is 1. The van der Waals surface area contributed by atoms with Crippen molar-refractivity contribution in [1.29, 1.82) is 0 Å². The lowest BCUT2D eigenvalue weighted by molar-refractivity contribution is 0.0693. The van der Waals surface area contributed by atoms with Gasteiger partial charge in [0.25, 0.3) is 5.91 Å². The molecule has 1 fully saturated rings. The van der Waals surface area contributed by atoms with Crippen molar-refractivity contribution < 1.29 is 41.8 Å². The van der Waals surface area contributed by atoms with Crippen molar-refractivity contribution >= 4 is 34.1 Å². The Bertz CT molecular complexity index is 1670. The third-order valence-electron chi connectivity index (χ3n) is 6.84. The topological polar surface area (TPSA) is 140 Å². The molecular formula is C28H24F2N2O7S. The molecule has 1 saturated carbocycles. The zero-order valence-electron chi connectivity index (χ0n) is 21.1. The molecule has 1 unspecified atom stereocenters. The maximum absolute atomic E-state index is 14.6. The van der Waals surface area contributed by atoms with Crippen molar-refractivity contribution in [1.82, 2.24) is 9.62 Å². The Balaban J connectivity index is 1.59. The Hall–Kier alpha value is -4.13. The van der Waals surface area contributed by atoms with Gasteiger partial charge in [-0.25, -0.2) is 17.8 Å². The highest BCUT2D eigenvalue weighted by Crippen LogP contribution is 2.45. The van der Waals surface area contributed by atoms with Crippen molar-refractivity contribution in [2.75, 3.05) is 7.05 Å². The summed E-state index contributed by atoms with van der Waals surface area (Å²) in [6.07, 6.45) is 1.74. The molecule has 40 heavy (non-hydrogen) atoms. The number of carboxylic acid groups (broad SMARTS) is 1. The number of carbonyl (C=O) groups is 2. The highest BCUT2D eigenvalue weighted by molar-refractivity contribution is 7.76. The van der Waals surface area contributed by atoms with Gasteiger partial charge in [0.05, 0.1) is 5.56 Å². The number of fused-ring (bicyclic) bond motifs is 1. The molecule has 1 aliphatic rings. The van der Waals surface area contributed by atoms with Crippen LogP contribution < -0.4 is 5.32 Å². The molecule has 1 aromatic heterocycles. The molecule has 208 valence electrons. The molecule has 3 aromatic carbocycles. The Kier molecular flexibility index (Phi) is 7.41. The van der Waals surface area contributed by atoms with Gasteiger partial charge in [-0.05, 0) is 72.4 Å². The lowest BCUT2D eigenvalue weighted by Crippen LogP contribution is -2.26. The van der Waals surface area contributed by atoms with Gasteiger partial charge >= 0.3 is 5.97 Å². The number of carboxylic acids is 1. The Morgan fingerprint density at radius 3 is 2.35 bits per heavy atom. The minimum absolute atomic E-state index is 0.129. The number of amides is 1. The fourth-order valence-electron chi connectivity index (χ4n) is 4.71. The number of hydrogen-bond acceptors (Lipinski definition) is 5. The van der Waals surface area contributed by atoms with Gasteiger partial charge in [0.15, 0.2) is 0 Å². The second kappa shape index (κ2) is 10.8. The monoisotopic (exact) mass is 570 g/mol. The standard InChI is InChI=1S/C28H24F2N2O7S/c1-31-27(34)25-21-10-19(14-2-3-14)16(9-24(21)39-26(25)15-4-6-18(29)7-5-15)12-32(40(37)38)13-17-8-20(28(35)36)23(33)11-22(17)30/h4-11,14,33H,2-3,12-13H2,1H3,(H,31,34)(H,35,36)(H,37,38). The molecule has 1 amide bonds. The molecule has 1 aliphatic carbocycles. The number of hydrogen-bond donors (Lipinski definition) is 4. The average molecular weight is 571 g/mol. The maximum atomic E-state index is 14.6. The van der Waals surface area contributed by atoms with Crippen LogP contribution in [0.15, 0.2) is 52.9 Å². The van der Waals surface area contributed by atoms with Gasteiger partial charge in [0.2, 0.25) is 11.3 Å². The number of aromatic hydroxyl groups is 1. The summed E-state index contributed by atoms with van der Waals surface area (Å²) >= 11 is -2.58. The normalized spacial score (nSPS) is 14.0. The number of aromatic carboxylic acids is 1. The molecular weight excluding hydrogens is 546 g/mol. The quantitative estimate of drug-likeness (QED) is 0.204. The molecule has 1 heterocycles. The second-order valence-electron chi connectivity index (χ2n) is 9.51. The third-order valence-corrected chi connectivity index (χ3v) is 7.54. The average Bonchev–Trinajstić information content (AvgIpc) is 3.69. The number of nitrogens with one attached hydrogen (secondary N) is 1. The minimum atomic E-state index is -2.58. The van der Waals surface area contributed by atoms with Crippen molar-refractivity contribution in [3.05, 3.63) is 88.0 Å². The van der Waals surface area contributed by atoms with E-state index in [1.54, 1.807) is 6.07 Å².